The van der Waals surface area contributed by atoms with E-state index >= 15 is 0 Å². The third kappa shape index (κ3) is 3.51. The van der Waals surface area contributed by atoms with Crippen LogP contribution in [0.1, 0.15) is 25.8 Å². The fraction of sp³-hybridized carbons (Fsp3) is 0.467. The SMILES string of the molecule is CC(C)CC1NC(=O)CN(Cc2ccccc2Cl)C1=O. The molecule has 1 aliphatic rings. The van der Waals surface area contributed by atoms with Crippen molar-refractivity contribution in [3.05, 3.63) is 34.9 Å². The smallest absolute Gasteiger partial charge is 0.245 e. The number of hydrogen-bond donors (Lipinski definition) is 1. The first-order valence-corrected chi connectivity index (χ1v) is 7.16. The summed E-state index contributed by atoms with van der Waals surface area (Å²) in [6.45, 7) is 4.54. The average Bonchev–Trinajstić information content (AvgIpc) is 2.37. The summed E-state index contributed by atoms with van der Waals surface area (Å²) in [5.41, 5.74) is 0.862. The number of nitrogens with zero attached hydrogens (tertiary/aromatic N) is 1. The van der Waals surface area contributed by atoms with Gasteiger partial charge in [0.1, 0.15) is 6.04 Å². The molecule has 0 bridgehead atoms. The van der Waals surface area contributed by atoms with E-state index in [1.54, 1.807) is 11.0 Å². The normalized spacial score (nSPS) is 19.4. The number of nitrogens with one attached hydrogen (secondary N) is 1. The van der Waals surface area contributed by atoms with Gasteiger partial charge in [0.05, 0.1) is 6.54 Å². The summed E-state index contributed by atoms with van der Waals surface area (Å²) in [6, 6.07) is 6.97. The molecule has 108 valence electrons. The first-order valence-electron chi connectivity index (χ1n) is 6.79. The van der Waals surface area contributed by atoms with Gasteiger partial charge in [-0.3, -0.25) is 9.59 Å². The van der Waals surface area contributed by atoms with E-state index in [-0.39, 0.29) is 18.4 Å². The molecule has 2 amide bonds. The number of benzene rings is 1. The van der Waals surface area contributed by atoms with Gasteiger partial charge in [-0.25, -0.2) is 0 Å². The Bertz CT molecular complexity index is 516. The maximum atomic E-state index is 12.4. The highest BCUT2D eigenvalue weighted by atomic mass is 35.5. The third-order valence-corrected chi connectivity index (χ3v) is 3.67. The molecule has 20 heavy (non-hydrogen) atoms. The monoisotopic (exact) mass is 294 g/mol. The summed E-state index contributed by atoms with van der Waals surface area (Å²) in [6.07, 6.45) is 0.656. The van der Waals surface area contributed by atoms with Crippen molar-refractivity contribution in [2.75, 3.05) is 6.54 Å². The second-order valence-electron chi connectivity index (χ2n) is 5.54. The number of carbonyl (C=O) groups excluding carboxylic acids is 2. The van der Waals surface area contributed by atoms with Crippen LogP contribution in [0.15, 0.2) is 24.3 Å². The van der Waals surface area contributed by atoms with Crippen LogP contribution in [0.3, 0.4) is 0 Å². The van der Waals surface area contributed by atoms with Crippen LogP contribution >= 0.6 is 11.6 Å². The van der Waals surface area contributed by atoms with Gasteiger partial charge < -0.3 is 10.2 Å². The summed E-state index contributed by atoms with van der Waals surface area (Å²) in [4.78, 5) is 25.7. The van der Waals surface area contributed by atoms with E-state index in [1.807, 2.05) is 32.0 Å². The number of carbonyl (C=O) groups is 2. The second kappa shape index (κ2) is 6.27. The standard InChI is InChI=1S/C15H19ClN2O2/c1-10(2)7-13-15(20)18(9-14(19)17-13)8-11-5-3-4-6-12(11)16/h3-6,10,13H,7-9H2,1-2H3,(H,17,19). The zero-order chi connectivity index (χ0) is 14.7. The van der Waals surface area contributed by atoms with Crippen LogP contribution in [-0.2, 0) is 16.1 Å². The lowest BCUT2D eigenvalue weighted by molar-refractivity contribution is -0.145. The van der Waals surface area contributed by atoms with Crippen LogP contribution in [-0.4, -0.2) is 29.3 Å². The van der Waals surface area contributed by atoms with E-state index in [0.717, 1.165) is 5.56 Å². The minimum atomic E-state index is -0.418. The van der Waals surface area contributed by atoms with E-state index in [2.05, 4.69) is 5.32 Å². The first-order chi connectivity index (χ1) is 9.47. The van der Waals surface area contributed by atoms with Gasteiger partial charge in [0.2, 0.25) is 11.8 Å². The van der Waals surface area contributed by atoms with Crippen molar-refractivity contribution in [2.24, 2.45) is 5.92 Å². The van der Waals surface area contributed by atoms with Crippen molar-refractivity contribution in [1.29, 1.82) is 0 Å². The van der Waals surface area contributed by atoms with Crippen LogP contribution in [0.5, 0.6) is 0 Å². The Hall–Kier alpha value is -1.55. The minimum Gasteiger partial charge on any atom is -0.343 e. The Morgan fingerprint density at radius 1 is 1.35 bits per heavy atom. The Morgan fingerprint density at radius 2 is 2.05 bits per heavy atom. The summed E-state index contributed by atoms with van der Waals surface area (Å²) in [7, 11) is 0. The summed E-state index contributed by atoms with van der Waals surface area (Å²) in [5.74, 6) is 0.213. The summed E-state index contributed by atoms with van der Waals surface area (Å²) < 4.78 is 0. The zero-order valence-electron chi connectivity index (χ0n) is 11.7. The lowest BCUT2D eigenvalue weighted by Crippen LogP contribution is -2.57. The molecule has 1 aliphatic heterocycles. The predicted octanol–water partition coefficient (Wildman–Crippen LogP) is 2.21. The molecule has 1 aromatic rings. The molecule has 1 N–H and O–H groups in total. The first kappa shape index (κ1) is 14.9. The lowest BCUT2D eigenvalue weighted by atomic mass is 10.0. The fourth-order valence-corrected chi connectivity index (χ4v) is 2.57. The van der Waals surface area contributed by atoms with Gasteiger partial charge in [-0.1, -0.05) is 43.6 Å². The molecular weight excluding hydrogens is 276 g/mol. The molecule has 1 heterocycles. The van der Waals surface area contributed by atoms with E-state index in [1.165, 1.54) is 0 Å². The molecule has 1 fully saturated rings. The van der Waals surface area contributed by atoms with E-state index in [9.17, 15) is 9.59 Å². The van der Waals surface area contributed by atoms with Crippen LogP contribution in [0.4, 0.5) is 0 Å². The molecule has 0 aliphatic carbocycles. The summed E-state index contributed by atoms with van der Waals surface area (Å²) in [5, 5.41) is 3.38. The second-order valence-corrected chi connectivity index (χ2v) is 5.94. The topological polar surface area (TPSA) is 49.4 Å². The largest absolute Gasteiger partial charge is 0.343 e. The highest BCUT2D eigenvalue weighted by molar-refractivity contribution is 6.31. The molecule has 4 nitrogen and oxygen atoms in total. The van der Waals surface area contributed by atoms with Crippen LogP contribution < -0.4 is 5.32 Å². The average molecular weight is 295 g/mol. The minimum absolute atomic E-state index is 0.0294. The molecule has 0 saturated carbocycles. The number of halogens is 1. The van der Waals surface area contributed by atoms with Gasteiger partial charge >= 0.3 is 0 Å². The zero-order valence-corrected chi connectivity index (χ0v) is 12.5. The van der Waals surface area contributed by atoms with Gasteiger partial charge in [0.25, 0.3) is 0 Å². The van der Waals surface area contributed by atoms with Crippen LogP contribution in [0.2, 0.25) is 5.02 Å². The molecule has 0 radical (unpaired) electrons. The third-order valence-electron chi connectivity index (χ3n) is 3.31. The van der Waals surface area contributed by atoms with Gasteiger partial charge in [-0.2, -0.15) is 0 Å². The Balaban J connectivity index is 2.12. The number of hydrogen-bond acceptors (Lipinski definition) is 2. The predicted molar refractivity (Wildman–Crippen MR) is 78.3 cm³/mol. The van der Waals surface area contributed by atoms with Gasteiger partial charge in [0, 0.05) is 11.6 Å². The quantitative estimate of drug-likeness (QED) is 0.925. The Labute approximate surface area is 124 Å². The molecule has 0 spiro atoms. The molecule has 1 unspecified atom stereocenters. The van der Waals surface area contributed by atoms with E-state index < -0.39 is 6.04 Å². The Kier molecular flexibility index (Phi) is 4.65. The maximum absolute atomic E-state index is 12.4. The molecule has 0 aromatic heterocycles. The fourth-order valence-electron chi connectivity index (χ4n) is 2.37. The van der Waals surface area contributed by atoms with Crippen molar-refractivity contribution in [1.82, 2.24) is 10.2 Å². The number of amides is 2. The van der Waals surface area contributed by atoms with Crippen molar-refractivity contribution in [3.8, 4) is 0 Å². The van der Waals surface area contributed by atoms with Crippen LogP contribution in [0.25, 0.3) is 0 Å². The molecule has 1 aromatic carbocycles. The van der Waals surface area contributed by atoms with E-state index in [0.29, 0.717) is 23.9 Å². The van der Waals surface area contributed by atoms with Crippen molar-refractivity contribution < 1.29 is 9.59 Å². The van der Waals surface area contributed by atoms with E-state index in [4.69, 9.17) is 11.6 Å². The Morgan fingerprint density at radius 3 is 2.70 bits per heavy atom. The molecule has 1 atom stereocenters. The van der Waals surface area contributed by atoms with Crippen molar-refractivity contribution >= 4 is 23.4 Å². The van der Waals surface area contributed by atoms with Crippen molar-refractivity contribution in [2.45, 2.75) is 32.9 Å². The number of piperazine rings is 1. The van der Waals surface area contributed by atoms with Gasteiger partial charge in [0.15, 0.2) is 0 Å². The lowest BCUT2D eigenvalue weighted by Gasteiger charge is -2.33. The summed E-state index contributed by atoms with van der Waals surface area (Å²) >= 11 is 6.11. The van der Waals surface area contributed by atoms with Gasteiger partial charge in [-0.15, -0.1) is 0 Å². The number of rotatable bonds is 4. The molecule has 2 rings (SSSR count). The van der Waals surface area contributed by atoms with Crippen molar-refractivity contribution in [3.63, 3.8) is 0 Å². The highest BCUT2D eigenvalue weighted by Crippen LogP contribution is 2.19. The maximum Gasteiger partial charge on any atom is 0.245 e. The molecular formula is C15H19ClN2O2. The van der Waals surface area contributed by atoms with Gasteiger partial charge in [-0.05, 0) is 24.0 Å². The van der Waals surface area contributed by atoms with Crippen LogP contribution in [0, 0.1) is 5.92 Å². The molecule has 1 saturated heterocycles. The molecule has 5 heteroatoms. The highest BCUT2D eigenvalue weighted by Gasteiger charge is 2.32.